The van der Waals surface area contributed by atoms with Gasteiger partial charge in [0.1, 0.15) is 11.5 Å². The molecule has 0 unspecified atom stereocenters. The summed E-state index contributed by atoms with van der Waals surface area (Å²) in [5, 5.41) is 4.01. The van der Waals surface area contributed by atoms with Gasteiger partial charge in [0.05, 0.1) is 34.2 Å². The van der Waals surface area contributed by atoms with Gasteiger partial charge in [0.25, 0.3) is 5.91 Å². The first-order valence-corrected chi connectivity index (χ1v) is 7.99. The monoisotopic (exact) mass is 358 g/mol. The van der Waals surface area contributed by atoms with Crippen LogP contribution in [-0.2, 0) is 0 Å². The molecule has 138 valence electrons. The van der Waals surface area contributed by atoms with Crippen molar-refractivity contribution in [2.24, 2.45) is 5.10 Å². The lowest BCUT2D eigenvalue weighted by Gasteiger charge is -2.11. The van der Waals surface area contributed by atoms with Gasteiger partial charge in [-0.05, 0) is 31.2 Å². The quantitative estimate of drug-likeness (QED) is 0.580. The summed E-state index contributed by atoms with van der Waals surface area (Å²) >= 11 is 0. The highest BCUT2D eigenvalue weighted by atomic mass is 16.5. The van der Waals surface area contributed by atoms with Gasteiger partial charge in [-0.25, -0.2) is 5.43 Å². The van der Waals surface area contributed by atoms with Crippen LogP contribution in [0.2, 0.25) is 0 Å². The van der Waals surface area contributed by atoms with Crippen molar-refractivity contribution in [3.05, 3.63) is 47.5 Å². The molecule has 0 aromatic heterocycles. The third-order valence-electron chi connectivity index (χ3n) is 3.50. The van der Waals surface area contributed by atoms with Crippen molar-refractivity contribution in [2.45, 2.75) is 6.92 Å². The molecule has 0 spiro atoms. The van der Waals surface area contributed by atoms with Gasteiger partial charge in [0.15, 0.2) is 11.5 Å². The molecule has 1 amide bonds. The lowest BCUT2D eigenvalue weighted by atomic mass is 10.2. The highest BCUT2D eigenvalue weighted by molar-refractivity contribution is 5.96. The van der Waals surface area contributed by atoms with E-state index in [1.165, 1.54) is 20.4 Å². The molecule has 26 heavy (non-hydrogen) atoms. The number of amides is 1. The van der Waals surface area contributed by atoms with Crippen molar-refractivity contribution in [1.82, 2.24) is 5.43 Å². The smallest absolute Gasteiger partial charge is 0.271 e. The average molecular weight is 358 g/mol. The highest BCUT2D eigenvalue weighted by Gasteiger charge is 2.10. The van der Waals surface area contributed by atoms with E-state index in [1.807, 2.05) is 19.1 Å². The average Bonchev–Trinajstić information content (AvgIpc) is 2.68. The summed E-state index contributed by atoms with van der Waals surface area (Å²) < 4.78 is 21.2. The Morgan fingerprint density at radius 1 is 1.08 bits per heavy atom. The minimum Gasteiger partial charge on any atom is -0.497 e. The molecular weight excluding hydrogens is 336 g/mol. The van der Waals surface area contributed by atoms with Crippen molar-refractivity contribution >= 4 is 12.1 Å². The van der Waals surface area contributed by atoms with Gasteiger partial charge in [0, 0.05) is 17.2 Å². The summed E-state index contributed by atoms with van der Waals surface area (Å²) in [6.07, 6.45) is 1.50. The van der Waals surface area contributed by atoms with Crippen LogP contribution in [0, 0.1) is 0 Å². The number of hydrogen-bond acceptors (Lipinski definition) is 6. The van der Waals surface area contributed by atoms with Gasteiger partial charge in [-0.2, -0.15) is 5.10 Å². The van der Waals surface area contributed by atoms with E-state index < -0.39 is 0 Å². The summed E-state index contributed by atoms with van der Waals surface area (Å²) in [7, 11) is 4.61. The van der Waals surface area contributed by atoms with E-state index in [-0.39, 0.29) is 5.91 Å². The van der Waals surface area contributed by atoms with Crippen LogP contribution in [0.1, 0.15) is 22.8 Å². The van der Waals surface area contributed by atoms with Crippen LogP contribution in [0.5, 0.6) is 23.0 Å². The molecule has 1 N–H and O–H groups in total. The van der Waals surface area contributed by atoms with Crippen LogP contribution in [-0.4, -0.2) is 40.1 Å². The molecular formula is C19H22N2O5. The number of para-hydroxylation sites is 1. The number of nitrogens with zero attached hydrogens (tertiary/aromatic N) is 1. The van der Waals surface area contributed by atoms with Gasteiger partial charge in [0.2, 0.25) is 0 Å². The predicted molar refractivity (Wildman–Crippen MR) is 98.8 cm³/mol. The van der Waals surface area contributed by atoms with Crippen LogP contribution < -0.4 is 24.4 Å². The maximum Gasteiger partial charge on any atom is 0.271 e. The van der Waals surface area contributed by atoms with E-state index in [0.29, 0.717) is 40.7 Å². The number of methoxy groups -OCH3 is 3. The first kappa shape index (κ1) is 19.1. The zero-order valence-corrected chi connectivity index (χ0v) is 15.2. The molecule has 0 atom stereocenters. The van der Waals surface area contributed by atoms with E-state index >= 15 is 0 Å². The maximum absolute atomic E-state index is 12.3. The number of nitrogens with one attached hydrogen (secondary N) is 1. The fourth-order valence-electron chi connectivity index (χ4n) is 2.26. The SMILES string of the molecule is CCOc1c(/C=N\NC(=O)c2cc(OC)cc(OC)c2)cccc1OC. The molecule has 0 bridgehead atoms. The van der Waals surface area contributed by atoms with Crippen molar-refractivity contribution < 1.29 is 23.7 Å². The van der Waals surface area contributed by atoms with Gasteiger partial charge in [-0.1, -0.05) is 6.07 Å². The summed E-state index contributed by atoms with van der Waals surface area (Å²) in [5.74, 6) is 1.81. The third kappa shape index (κ3) is 4.66. The van der Waals surface area contributed by atoms with E-state index in [0.717, 1.165) is 0 Å². The molecule has 0 fully saturated rings. The molecule has 2 aromatic rings. The number of carbonyl (C=O) groups excluding carboxylic acids is 1. The largest absolute Gasteiger partial charge is 0.497 e. The minimum atomic E-state index is -0.390. The van der Waals surface area contributed by atoms with Crippen molar-refractivity contribution in [3.63, 3.8) is 0 Å². The molecule has 0 saturated heterocycles. The molecule has 0 radical (unpaired) electrons. The zero-order chi connectivity index (χ0) is 18.9. The molecule has 0 heterocycles. The number of hydrazone groups is 1. The molecule has 2 rings (SSSR count). The van der Waals surface area contributed by atoms with E-state index in [1.54, 1.807) is 31.4 Å². The molecule has 0 saturated carbocycles. The molecule has 7 nitrogen and oxygen atoms in total. The zero-order valence-electron chi connectivity index (χ0n) is 15.2. The van der Waals surface area contributed by atoms with Crippen molar-refractivity contribution in [1.29, 1.82) is 0 Å². The molecule has 0 aliphatic rings. The second-order valence-electron chi connectivity index (χ2n) is 5.11. The highest BCUT2D eigenvalue weighted by Crippen LogP contribution is 2.30. The van der Waals surface area contributed by atoms with Crippen LogP contribution in [0.3, 0.4) is 0 Å². The third-order valence-corrected chi connectivity index (χ3v) is 3.50. The summed E-state index contributed by atoms with van der Waals surface area (Å²) in [6, 6.07) is 10.3. The van der Waals surface area contributed by atoms with Crippen LogP contribution in [0.4, 0.5) is 0 Å². The second kappa shape index (κ2) is 9.31. The number of carbonyl (C=O) groups is 1. The van der Waals surface area contributed by atoms with Gasteiger partial charge in [-0.15, -0.1) is 0 Å². The molecule has 7 heteroatoms. The van der Waals surface area contributed by atoms with Gasteiger partial charge in [-0.3, -0.25) is 4.79 Å². The first-order valence-electron chi connectivity index (χ1n) is 7.99. The van der Waals surface area contributed by atoms with E-state index in [2.05, 4.69) is 10.5 Å². The maximum atomic E-state index is 12.3. The van der Waals surface area contributed by atoms with Crippen LogP contribution >= 0.6 is 0 Å². The number of benzene rings is 2. The Kier molecular flexibility index (Phi) is 6.84. The number of rotatable bonds is 8. The predicted octanol–water partition coefficient (Wildman–Crippen LogP) is 2.88. The molecule has 0 aliphatic carbocycles. The number of hydrogen-bond donors (Lipinski definition) is 1. The topological polar surface area (TPSA) is 78.4 Å². The van der Waals surface area contributed by atoms with Crippen LogP contribution in [0.15, 0.2) is 41.5 Å². The Hall–Kier alpha value is -3.22. The Bertz CT molecular complexity index is 767. The lowest BCUT2D eigenvalue weighted by Crippen LogP contribution is -2.17. The summed E-state index contributed by atoms with van der Waals surface area (Å²) in [5.41, 5.74) is 3.54. The second-order valence-corrected chi connectivity index (χ2v) is 5.11. The van der Waals surface area contributed by atoms with Crippen molar-refractivity contribution in [2.75, 3.05) is 27.9 Å². The Balaban J connectivity index is 2.17. The summed E-state index contributed by atoms with van der Waals surface area (Å²) in [4.78, 5) is 12.3. The fourth-order valence-corrected chi connectivity index (χ4v) is 2.26. The normalized spacial score (nSPS) is 10.5. The van der Waals surface area contributed by atoms with E-state index in [4.69, 9.17) is 18.9 Å². The molecule has 2 aromatic carbocycles. The standard InChI is InChI=1S/C19H22N2O5/c1-5-26-18-13(7-6-8-17(18)25-4)12-20-21-19(22)14-9-15(23-2)11-16(10-14)24-3/h6-12H,5H2,1-4H3,(H,21,22)/b20-12-. The first-order chi connectivity index (χ1) is 12.6. The van der Waals surface area contributed by atoms with Crippen molar-refractivity contribution in [3.8, 4) is 23.0 Å². The van der Waals surface area contributed by atoms with E-state index in [9.17, 15) is 4.79 Å². The minimum absolute atomic E-state index is 0.369. The molecule has 0 aliphatic heterocycles. The summed E-state index contributed by atoms with van der Waals surface area (Å²) in [6.45, 7) is 2.36. The Morgan fingerprint density at radius 2 is 1.77 bits per heavy atom. The van der Waals surface area contributed by atoms with Gasteiger partial charge < -0.3 is 18.9 Å². The Morgan fingerprint density at radius 3 is 2.35 bits per heavy atom. The number of ether oxygens (including phenoxy) is 4. The van der Waals surface area contributed by atoms with Crippen LogP contribution in [0.25, 0.3) is 0 Å². The Labute approximate surface area is 152 Å². The lowest BCUT2D eigenvalue weighted by molar-refractivity contribution is 0.0954. The van der Waals surface area contributed by atoms with Gasteiger partial charge >= 0.3 is 0 Å². The fraction of sp³-hybridized carbons (Fsp3) is 0.263.